The van der Waals surface area contributed by atoms with Crippen molar-refractivity contribution in [3.05, 3.63) is 165 Å². The van der Waals surface area contributed by atoms with Gasteiger partial charge >= 0.3 is 0 Å². The third kappa shape index (κ3) is 9.71. The Morgan fingerprint density at radius 3 is 2.08 bits per heavy atom. The maximum atomic E-state index is 4.43. The molecule has 0 bridgehead atoms. The number of fused-ring (bicyclic) bond motifs is 3. The monoisotopic (exact) mass is 1020 g/mol. The van der Waals surface area contributed by atoms with Crippen LogP contribution in [-0.4, -0.2) is 8.07 Å². The topological polar surface area (TPSA) is 7.76 Å². The SMILES string of the molecule is [CH2-]c1ccc(C2CCCC2)cc1-c1cc(C(C)C)c([Si](C)(C)C)c[n+]1[CH2-].[CH2-]c1ccc2c(sc3cc(-c4ccccc4)ccc32)c1-c1cc(CC2CCCCC2)cc[n+]1[CH2-].[Ir]. The average molecular weight is 1020 g/mol. The van der Waals surface area contributed by atoms with Crippen molar-refractivity contribution in [2.24, 2.45) is 5.92 Å². The first-order valence-corrected chi connectivity index (χ1v) is 26.8. The van der Waals surface area contributed by atoms with Gasteiger partial charge in [-0.3, -0.25) is 0 Å². The Morgan fingerprint density at radius 1 is 0.689 bits per heavy atom. The zero-order valence-corrected chi connectivity index (χ0v) is 41.4. The fourth-order valence-electron chi connectivity index (χ4n) is 9.90. The van der Waals surface area contributed by atoms with Gasteiger partial charge in [-0.15, -0.1) is 35.1 Å². The molecule has 2 aliphatic rings. The van der Waals surface area contributed by atoms with Crippen molar-refractivity contribution < 1.29 is 29.2 Å². The smallest absolute Gasteiger partial charge is 0.0709 e. The molecule has 2 saturated carbocycles. The molecule has 61 heavy (non-hydrogen) atoms. The van der Waals surface area contributed by atoms with Crippen LogP contribution in [0.2, 0.25) is 19.6 Å². The number of pyridine rings is 2. The number of rotatable bonds is 8. The molecule has 0 spiro atoms. The fraction of sp³-hybridized carbons (Fsp3) is 0.321. The standard InChI is InChI=1S/C32H30NS.C24H34NSi.Ir/c1-22-13-15-28-27-16-14-26(25-11-7-4-8-12-25)21-30(27)34-32(28)31(22)29-20-24(17-18-33(29)2)19-23-9-5-3-6-10-23;1-17(2)21-15-23(25(4)16-24(21)26(5,6)7)22-14-20(13-12-18(22)3)19-10-8-9-11-19;/h4,7-8,11-18,20-21,23H,1-3,5-6,9-10,19H2;12-17,19H,3-4,8-11H2,1-2,5-7H3;/q2*-1;. The molecule has 2 fully saturated rings. The Hall–Kier alpha value is -4.25. The van der Waals surface area contributed by atoms with Crippen LogP contribution in [0.4, 0.5) is 0 Å². The second-order valence-corrected chi connectivity index (χ2v) is 25.1. The summed E-state index contributed by atoms with van der Waals surface area (Å²) in [5.41, 5.74) is 13.9. The number of thiophene rings is 1. The van der Waals surface area contributed by atoms with E-state index in [2.05, 4.69) is 175 Å². The molecule has 4 aromatic carbocycles. The van der Waals surface area contributed by atoms with Crippen LogP contribution in [0.3, 0.4) is 0 Å². The van der Waals surface area contributed by atoms with Crippen molar-refractivity contribution in [3.8, 4) is 33.6 Å². The molecule has 2 aliphatic carbocycles. The van der Waals surface area contributed by atoms with Crippen molar-refractivity contribution in [3.63, 3.8) is 0 Å². The summed E-state index contributed by atoms with van der Waals surface area (Å²) in [4.78, 5) is 0. The zero-order chi connectivity index (χ0) is 42.1. The average Bonchev–Trinajstić information content (AvgIpc) is 3.91. The number of hydrogen-bond acceptors (Lipinski definition) is 1. The molecule has 1 radical (unpaired) electrons. The Bertz CT molecular complexity index is 2620. The summed E-state index contributed by atoms with van der Waals surface area (Å²) in [6.45, 7) is 20.6. The van der Waals surface area contributed by atoms with Gasteiger partial charge < -0.3 is 9.13 Å². The van der Waals surface area contributed by atoms with E-state index >= 15 is 0 Å². The predicted octanol–water partition coefficient (Wildman–Crippen LogP) is 14.4. The molecule has 0 amide bonds. The second-order valence-electron chi connectivity index (χ2n) is 19.1. The van der Waals surface area contributed by atoms with Crippen LogP contribution < -0.4 is 14.3 Å². The summed E-state index contributed by atoms with van der Waals surface area (Å²) in [6.07, 6.45) is 17.9. The summed E-state index contributed by atoms with van der Waals surface area (Å²) in [5.74, 6) is 2.06. The minimum absolute atomic E-state index is 0. The van der Waals surface area contributed by atoms with Gasteiger partial charge in [-0.1, -0.05) is 161 Å². The van der Waals surface area contributed by atoms with E-state index in [1.54, 1.807) is 0 Å². The van der Waals surface area contributed by atoms with Crippen molar-refractivity contribution in [1.82, 2.24) is 0 Å². The number of nitrogens with zero attached hydrogens (tertiary/aromatic N) is 2. The quantitative estimate of drug-likeness (QED) is 0.0814. The molecule has 0 aliphatic heterocycles. The molecule has 0 saturated heterocycles. The molecular formula is C56H64IrN2SSi-2. The first-order chi connectivity index (χ1) is 28.9. The molecule has 3 heterocycles. The minimum atomic E-state index is -1.42. The number of aromatic nitrogens is 2. The first-order valence-electron chi connectivity index (χ1n) is 22.5. The largest absolute Gasteiger partial charge is 0.343 e. The predicted molar refractivity (Wildman–Crippen MR) is 261 cm³/mol. The third-order valence-corrected chi connectivity index (χ3v) is 16.5. The van der Waals surface area contributed by atoms with Gasteiger partial charge in [0.05, 0.1) is 31.9 Å². The molecule has 2 nitrogen and oxygen atoms in total. The van der Waals surface area contributed by atoms with Gasteiger partial charge in [0.2, 0.25) is 0 Å². The molecule has 0 unspecified atom stereocenters. The zero-order valence-electron chi connectivity index (χ0n) is 37.2. The van der Waals surface area contributed by atoms with Crippen molar-refractivity contribution in [2.75, 3.05) is 0 Å². The van der Waals surface area contributed by atoms with E-state index in [1.807, 2.05) is 15.9 Å². The minimum Gasteiger partial charge on any atom is -0.343 e. The maximum absolute atomic E-state index is 4.43. The first kappa shape index (κ1) is 44.8. The van der Waals surface area contributed by atoms with E-state index in [9.17, 15) is 0 Å². The van der Waals surface area contributed by atoms with Crippen LogP contribution >= 0.6 is 11.3 Å². The van der Waals surface area contributed by atoms with Crippen molar-refractivity contribution in [1.29, 1.82) is 0 Å². The van der Waals surface area contributed by atoms with Crippen LogP contribution in [0.5, 0.6) is 0 Å². The Balaban J connectivity index is 0.000000188. The molecule has 7 aromatic rings. The molecule has 5 heteroatoms. The Morgan fingerprint density at radius 2 is 1.38 bits per heavy atom. The van der Waals surface area contributed by atoms with E-state index in [1.165, 1.54) is 140 Å². The Labute approximate surface area is 385 Å². The number of benzene rings is 4. The van der Waals surface area contributed by atoms with Crippen LogP contribution in [-0.2, 0) is 26.5 Å². The van der Waals surface area contributed by atoms with E-state index in [0.29, 0.717) is 5.92 Å². The van der Waals surface area contributed by atoms with Crippen LogP contribution in [0.1, 0.15) is 111 Å². The molecule has 9 rings (SSSR count). The van der Waals surface area contributed by atoms with E-state index in [-0.39, 0.29) is 20.1 Å². The summed E-state index contributed by atoms with van der Waals surface area (Å²) in [6, 6.07) is 35.8. The van der Waals surface area contributed by atoms with E-state index in [4.69, 9.17) is 0 Å². The van der Waals surface area contributed by atoms with Gasteiger partial charge in [-0.25, -0.2) is 0 Å². The van der Waals surface area contributed by atoms with E-state index in [0.717, 1.165) is 23.0 Å². The molecule has 0 atom stereocenters. The summed E-state index contributed by atoms with van der Waals surface area (Å²) >= 11 is 1.88. The van der Waals surface area contributed by atoms with Gasteiger partial charge in [0.1, 0.15) is 0 Å². The van der Waals surface area contributed by atoms with Gasteiger partial charge in [0.25, 0.3) is 0 Å². The maximum Gasteiger partial charge on any atom is 0.0709 e. The van der Waals surface area contributed by atoms with Gasteiger partial charge in [0.15, 0.2) is 0 Å². The summed E-state index contributed by atoms with van der Waals surface area (Å²) in [7, 11) is 7.27. The molecule has 3 aromatic heterocycles. The number of hydrogen-bond donors (Lipinski definition) is 0. The van der Waals surface area contributed by atoms with E-state index < -0.39 is 8.07 Å². The second kappa shape index (κ2) is 19.0. The third-order valence-electron chi connectivity index (χ3n) is 13.3. The Kier molecular flexibility index (Phi) is 14.0. The van der Waals surface area contributed by atoms with Gasteiger partial charge in [-0.2, -0.15) is 37.1 Å². The molecular weight excluding hydrogens is 953 g/mol. The molecule has 0 N–H and O–H groups in total. The van der Waals surface area contributed by atoms with Crippen LogP contribution in [0.25, 0.3) is 53.8 Å². The normalized spacial score (nSPS) is 14.9. The fourth-order valence-corrected chi connectivity index (χ4v) is 13.0. The summed E-state index contributed by atoms with van der Waals surface area (Å²) < 4.78 is 6.73. The van der Waals surface area contributed by atoms with Crippen molar-refractivity contribution >= 4 is 44.8 Å². The van der Waals surface area contributed by atoms with Crippen molar-refractivity contribution in [2.45, 2.75) is 110 Å². The van der Waals surface area contributed by atoms with Crippen LogP contribution in [0.15, 0.2) is 109 Å². The van der Waals surface area contributed by atoms with Gasteiger partial charge in [-0.05, 0) is 74.9 Å². The summed E-state index contributed by atoms with van der Waals surface area (Å²) in [5, 5.41) is 4.14. The molecule has 319 valence electrons. The van der Waals surface area contributed by atoms with Crippen LogP contribution in [0, 0.1) is 33.9 Å². The van der Waals surface area contributed by atoms with Gasteiger partial charge in [0, 0.05) is 38.9 Å².